The number of rotatable bonds is 4. The van der Waals surface area contributed by atoms with E-state index in [4.69, 9.17) is 0 Å². The first-order valence-electron chi connectivity index (χ1n) is 4.52. The highest BCUT2D eigenvalue weighted by atomic mass is 32.1. The van der Waals surface area contributed by atoms with Crippen molar-refractivity contribution >= 4 is 11.3 Å². The van der Waals surface area contributed by atoms with E-state index in [1.165, 1.54) is 25.8 Å². The van der Waals surface area contributed by atoms with Crippen LogP contribution in [0.5, 0.6) is 0 Å². The molecule has 1 aromatic rings. The topological polar surface area (TPSA) is 12.0 Å². The van der Waals surface area contributed by atoms with E-state index >= 15 is 0 Å². The van der Waals surface area contributed by atoms with Crippen LogP contribution in [0.4, 0.5) is 0 Å². The number of nitrogens with one attached hydrogen (secondary N) is 1. The van der Waals surface area contributed by atoms with Crippen LogP contribution in [-0.2, 0) is 6.42 Å². The molecular weight excluding hydrogens is 166 g/mol. The zero-order chi connectivity index (χ0) is 8.44. The molecule has 0 amide bonds. The van der Waals surface area contributed by atoms with Crippen molar-refractivity contribution in [2.75, 3.05) is 13.6 Å². The first kappa shape index (κ1) is 8.27. The standard InChI is InChI=1S/C10H15NS/c1-11-8-10(4-5-10)7-9-3-2-6-12-9/h2-3,6,11H,4-5,7-8H2,1H3. The van der Waals surface area contributed by atoms with Crippen molar-refractivity contribution in [3.8, 4) is 0 Å². The Bertz CT molecular complexity index is 236. The van der Waals surface area contributed by atoms with Gasteiger partial charge in [-0.25, -0.2) is 0 Å². The molecule has 1 saturated carbocycles. The molecule has 2 rings (SSSR count). The van der Waals surface area contributed by atoms with Gasteiger partial charge in [-0.05, 0) is 43.2 Å². The van der Waals surface area contributed by atoms with E-state index in [1.54, 1.807) is 4.88 Å². The summed E-state index contributed by atoms with van der Waals surface area (Å²) in [4.78, 5) is 1.54. The van der Waals surface area contributed by atoms with Gasteiger partial charge in [-0.1, -0.05) is 6.07 Å². The van der Waals surface area contributed by atoms with E-state index in [0.29, 0.717) is 5.41 Å². The van der Waals surface area contributed by atoms with Gasteiger partial charge in [-0.2, -0.15) is 0 Å². The molecule has 0 unspecified atom stereocenters. The summed E-state index contributed by atoms with van der Waals surface area (Å²) in [6.45, 7) is 1.19. The van der Waals surface area contributed by atoms with Gasteiger partial charge in [0, 0.05) is 11.4 Å². The van der Waals surface area contributed by atoms with E-state index in [-0.39, 0.29) is 0 Å². The van der Waals surface area contributed by atoms with Gasteiger partial charge in [0.1, 0.15) is 0 Å². The van der Waals surface area contributed by atoms with Gasteiger partial charge >= 0.3 is 0 Å². The van der Waals surface area contributed by atoms with Crippen LogP contribution in [0.15, 0.2) is 17.5 Å². The molecule has 1 aromatic heterocycles. The lowest BCUT2D eigenvalue weighted by molar-refractivity contribution is 0.482. The summed E-state index contributed by atoms with van der Waals surface area (Å²) in [5.74, 6) is 0. The maximum Gasteiger partial charge on any atom is 0.00512 e. The van der Waals surface area contributed by atoms with Crippen LogP contribution in [0, 0.1) is 5.41 Å². The van der Waals surface area contributed by atoms with E-state index in [1.807, 2.05) is 11.3 Å². The monoisotopic (exact) mass is 181 g/mol. The molecule has 1 heterocycles. The average molecular weight is 181 g/mol. The quantitative estimate of drug-likeness (QED) is 0.751. The van der Waals surface area contributed by atoms with Gasteiger partial charge < -0.3 is 5.32 Å². The van der Waals surface area contributed by atoms with Crippen molar-refractivity contribution < 1.29 is 0 Å². The Morgan fingerprint density at radius 2 is 2.42 bits per heavy atom. The molecule has 1 fully saturated rings. The fourth-order valence-corrected chi connectivity index (χ4v) is 2.63. The summed E-state index contributed by atoms with van der Waals surface area (Å²) in [6, 6.07) is 4.40. The van der Waals surface area contributed by atoms with E-state index in [9.17, 15) is 0 Å². The zero-order valence-electron chi connectivity index (χ0n) is 7.47. The van der Waals surface area contributed by atoms with Crippen molar-refractivity contribution in [3.63, 3.8) is 0 Å². The average Bonchev–Trinajstić information content (AvgIpc) is 2.63. The molecule has 0 radical (unpaired) electrons. The van der Waals surface area contributed by atoms with Crippen LogP contribution < -0.4 is 5.32 Å². The van der Waals surface area contributed by atoms with Gasteiger partial charge in [-0.15, -0.1) is 11.3 Å². The van der Waals surface area contributed by atoms with E-state index in [2.05, 4.69) is 29.9 Å². The van der Waals surface area contributed by atoms with Crippen molar-refractivity contribution in [2.24, 2.45) is 5.41 Å². The van der Waals surface area contributed by atoms with Gasteiger partial charge in [0.05, 0.1) is 0 Å². The lowest BCUT2D eigenvalue weighted by Gasteiger charge is -2.12. The first-order chi connectivity index (χ1) is 5.85. The highest BCUT2D eigenvalue weighted by Crippen LogP contribution is 2.48. The van der Waals surface area contributed by atoms with Crippen LogP contribution in [0.3, 0.4) is 0 Å². The summed E-state index contributed by atoms with van der Waals surface area (Å²) in [5.41, 5.74) is 0.625. The molecule has 1 N–H and O–H groups in total. The lowest BCUT2D eigenvalue weighted by Crippen LogP contribution is -2.21. The molecule has 1 nitrogen and oxygen atoms in total. The molecule has 0 aromatic carbocycles. The Labute approximate surface area is 77.8 Å². The zero-order valence-corrected chi connectivity index (χ0v) is 8.29. The molecule has 12 heavy (non-hydrogen) atoms. The molecule has 2 heteroatoms. The normalized spacial score (nSPS) is 19.4. The second-order valence-electron chi connectivity index (χ2n) is 3.79. The molecular formula is C10H15NS. The Morgan fingerprint density at radius 3 is 2.92 bits per heavy atom. The number of thiophene rings is 1. The highest BCUT2D eigenvalue weighted by Gasteiger charge is 2.41. The van der Waals surface area contributed by atoms with Crippen LogP contribution >= 0.6 is 11.3 Å². The van der Waals surface area contributed by atoms with Crippen LogP contribution in [0.1, 0.15) is 17.7 Å². The van der Waals surface area contributed by atoms with Gasteiger partial charge in [-0.3, -0.25) is 0 Å². The first-order valence-corrected chi connectivity index (χ1v) is 5.40. The maximum absolute atomic E-state index is 3.29. The number of hydrogen-bond donors (Lipinski definition) is 1. The Kier molecular flexibility index (Phi) is 2.20. The van der Waals surface area contributed by atoms with Gasteiger partial charge in [0.15, 0.2) is 0 Å². The number of hydrogen-bond acceptors (Lipinski definition) is 2. The minimum atomic E-state index is 0.625. The van der Waals surface area contributed by atoms with Gasteiger partial charge in [0.2, 0.25) is 0 Å². The molecule has 1 aliphatic carbocycles. The van der Waals surface area contributed by atoms with Crippen molar-refractivity contribution in [1.29, 1.82) is 0 Å². The summed E-state index contributed by atoms with van der Waals surface area (Å²) >= 11 is 1.89. The summed E-state index contributed by atoms with van der Waals surface area (Å²) in [7, 11) is 2.05. The molecule has 1 aliphatic rings. The fraction of sp³-hybridized carbons (Fsp3) is 0.600. The summed E-state index contributed by atoms with van der Waals surface area (Å²) in [6.07, 6.45) is 4.10. The Balaban J connectivity index is 1.94. The van der Waals surface area contributed by atoms with Crippen molar-refractivity contribution in [3.05, 3.63) is 22.4 Å². The summed E-state index contributed by atoms with van der Waals surface area (Å²) in [5, 5.41) is 5.46. The molecule has 0 atom stereocenters. The van der Waals surface area contributed by atoms with E-state index < -0.39 is 0 Å². The third-order valence-corrected chi connectivity index (χ3v) is 3.51. The summed E-state index contributed by atoms with van der Waals surface area (Å²) < 4.78 is 0. The smallest absolute Gasteiger partial charge is 0.00512 e. The van der Waals surface area contributed by atoms with Crippen molar-refractivity contribution in [1.82, 2.24) is 5.32 Å². The molecule has 0 aliphatic heterocycles. The van der Waals surface area contributed by atoms with Crippen LogP contribution in [0.25, 0.3) is 0 Å². The molecule has 0 saturated heterocycles. The van der Waals surface area contributed by atoms with Gasteiger partial charge in [0.25, 0.3) is 0 Å². The highest BCUT2D eigenvalue weighted by molar-refractivity contribution is 7.09. The second-order valence-corrected chi connectivity index (χ2v) is 4.82. The second kappa shape index (κ2) is 3.19. The lowest BCUT2D eigenvalue weighted by atomic mass is 10.0. The van der Waals surface area contributed by atoms with Crippen LogP contribution in [0.2, 0.25) is 0 Å². The Morgan fingerprint density at radius 1 is 1.58 bits per heavy atom. The molecule has 66 valence electrons. The molecule has 0 bridgehead atoms. The van der Waals surface area contributed by atoms with Crippen molar-refractivity contribution in [2.45, 2.75) is 19.3 Å². The predicted octanol–water partition coefficient (Wildman–Crippen LogP) is 2.29. The Hall–Kier alpha value is -0.340. The fourth-order valence-electron chi connectivity index (χ4n) is 1.75. The minimum absolute atomic E-state index is 0.625. The van der Waals surface area contributed by atoms with E-state index in [0.717, 1.165) is 0 Å². The third-order valence-electron chi connectivity index (χ3n) is 2.64. The largest absolute Gasteiger partial charge is 0.319 e. The SMILES string of the molecule is CNCC1(Cc2cccs2)CC1. The maximum atomic E-state index is 3.29. The van der Waals surface area contributed by atoms with Crippen LogP contribution in [-0.4, -0.2) is 13.6 Å². The predicted molar refractivity (Wildman–Crippen MR) is 53.6 cm³/mol. The molecule has 0 spiro atoms. The minimum Gasteiger partial charge on any atom is -0.319 e. The third kappa shape index (κ3) is 1.70.